The van der Waals surface area contributed by atoms with Crippen molar-refractivity contribution in [1.29, 1.82) is 0 Å². The smallest absolute Gasteiger partial charge is 0.356 e. The standard InChI is InChI=1S/C23H27F3N4O.HI/c1-27-22(29-14-12-17-8-10-20(11-9-17)23(24,25)26)28-13-4-7-21(31)30-15-18-5-2-3-6-19(18)16-30;/h2-3,5-6,8-11H,4,7,12-16H2,1H3,(H2,27,28,29);1H. The van der Waals surface area contributed by atoms with Gasteiger partial charge >= 0.3 is 6.18 Å². The van der Waals surface area contributed by atoms with E-state index in [0.717, 1.165) is 17.7 Å². The number of nitrogens with one attached hydrogen (secondary N) is 2. The molecule has 0 saturated carbocycles. The summed E-state index contributed by atoms with van der Waals surface area (Å²) >= 11 is 0. The van der Waals surface area contributed by atoms with Crippen LogP contribution < -0.4 is 10.6 Å². The first-order chi connectivity index (χ1) is 14.9. The van der Waals surface area contributed by atoms with E-state index in [1.54, 1.807) is 7.05 Å². The molecule has 0 aliphatic carbocycles. The van der Waals surface area contributed by atoms with Crippen LogP contribution in [0.4, 0.5) is 13.2 Å². The van der Waals surface area contributed by atoms with Crippen LogP contribution in [0.1, 0.15) is 35.1 Å². The summed E-state index contributed by atoms with van der Waals surface area (Å²) in [5.74, 6) is 0.746. The van der Waals surface area contributed by atoms with Gasteiger partial charge in [-0.25, -0.2) is 0 Å². The Morgan fingerprint density at radius 2 is 1.59 bits per heavy atom. The molecule has 0 radical (unpaired) electrons. The molecule has 32 heavy (non-hydrogen) atoms. The highest BCUT2D eigenvalue weighted by atomic mass is 127. The summed E-state index contributed by atoms with van der Waals surface area (Å²) in [4.78, 5) is 18.4. The Hall–Kier alpha value is -2.30. The Labute approximate surface area is 203 Å². The predicted molar refractivity (Wildman–Crippen MR) is 130 cm³/mol. The molecular formula is C23H28F3IN4O. The molecule has 0 aromatic heterocycles. The van der Waals surface area contributed by atoms with Crippen molar-refractivity contribution >= 4 is 35.8 Å². The molecule has 0 atom stereocenters. The fourth-order valence-corrected chi connectivity index (χ4v) is 3.52. The molecule has 3 rings (SSSR count). The Bertz CT molecular complexity index is 891. The Kier molecular flexibility index (Phi) is 9.80. The van der Waals surface area contributed by atoms with Gasteiger partial charge in [0.1, 0.15) is 0 Å². The molecule has 1 amide bonds. The third-order valence-corrected chi connectivity index (χ3v) is 5.26. The summed E-state index contributed by atoms with van der Waals surface area (Å²) in [6.07, 6.45) is -2.59. The summed E-state index contributed by atoms with van der Waals surface area (Å²) in [5.41, 5.74) is 2.60. The molecule has 2 N–H and O–H groups in total. The fourth-order valence-electron chi connectivity index (χ4n) is 3.52. The van der Waals surface area contributed by atoms with Crippen LogP contribution in [0.3, 0.4) is 0 Å². The van der Waals surface area contributed by atoms with Crippen molar-refractivity contribution in [3.8, 4) is 0 Å². The highest BCUT2D eigenvalue weighted by Gasteiger charge is 2.29. The minimum atomic E-state index is -4.32. The SMILES string of the molecule is CN=C(NCCCC(=O)N1Cc2ccccc2C1)NCCc1ccc(C(F)(F)F)cc1.I. The number of alkyl halides is 3. The van der Waals surface area contributed by atoms with Crippen LogP contribution in [0.15, 0.2) is 53.5 Å². The van der Waals surface area contributed by atoms with Crippen molar-refractivity contribution in [3.63, 3.8) is 0 Å². The molecule has 1 aliphatic heterocycles. The van der Waals surface area contributed by atoms with Crippen molar-refractivity contribution in [1.82, 2.24) is 15.5 Å². The molecule has 0 bridgehead atoms. The quantitative estimate of drug-likeness (QED) is 0.229. The van der Waals surface area contributed by atoms with Crippen molar-refractivity contribution < 1.29 is 18.0 Å². The molecule has 1 heterocycles. The summed E-state index contributed by atoms with van der Waals surface area (Å²) < 4.78 is 37.8. The lowest BCUT2D eigenvalue weighted by Gasteiger charge is -2.16. The average molecular weight is 560 g/mol. The van der Waals surface area contributed by atoms with Gasteiger partial charge in [-0.2, -0.15) is 13.2 Å². The number of aliphatic imine (C=N–C) groups is 1. The van der Waals surface area contributed by atoms with Crippen LogP contribution in [-0.2, 0) is 30.5 Å². The van der Waals surface area contributed by atoms with Crippen molar-refractivity contribution in [3.05, 3.63) is 70.8 Å². The number of hydrogen-bond donors (Lipinski definition) is 2. The zero-order valence-corrected chi connectivity index (χ0v) is 20.2. The molecule has 2 aromatic carbocycles. The minimum absolute atomic E-state index is 0. The Balaban J connectivity index is 0.00000363. The van der Waals surface area contributed by atoms with Crippen LogP contribution in [0.5, 0.6) is 0 Å². The maximum Gasteiger partial charge on any atom is 0.416 e. The molecule has 174 valence electrons. The molecule has 0 fully saturated rings. The Morgan fingerprint density at radius 1 is 1.00 bits per heavy atom. The van der Waals surface area contributed by atoms with E-state index in [1.165, 1.54) is 23.3 Å². The number of carbonyl (C=O) groups is 1. The molecule has 0 saturated heterocycles. The highest BCUT2D eigenvalue weighted by molar-refractivity contribution is 14.0. The van der Waals surface area contributed by atoms with Crippen molar-refractivity contribution in [2.24, 2.45) is 4.99 Å². The number of rotatable bonds is 7. The molecule has 1 aliphatic rings. The predicted octanol–water partition coefficient (Wildman–Crippen LogP) is 4.35. The summed E-state index contributed by atoms with van der Waals surface area (Å²) in [6.45, 7) is 2.49. The fraction of sp³-hybridized carbons (Fsp3) is 0.391. The number of guanidine groups is 1. The van der Waals surface area contributed by atoms with E-state index in [-0.39, 0.29) is 29.9 Å². The first-order valence-corrected chi connectivity index (χ1v) is 10.3. The molecule has 0 spiro atoms. The topological polar surface area (TPSA) is 56.7 Å². The van der Waals surface area contributed by atoms with E-state index in [2.05, 4.69) is 27.8 Å². The van der Waals surface area contributed by atoms with Gasteiger partial charge < -0.3 is 15.5 Å². The first-order valence-electron chi connectivity index (χ1n) is 10.3. The number of fused-ring (bicyclic) bond motifs is 1. The first kappa shape index (κ1) is 26.0. The number of halogens is 4. The lowest BCUT2D eigenvalue weighted by Crippen LogP contribution is -2.39. The summed E-state index contributed by atoms with van der Waals surface area (Å²) in [7, 11) is 1.65. The maximum absolute atomic E-state index is 12.6. The highest BCUT2D eigenvalue weighted by Crippen LogP contribution is 2.29. The van der Waals surface area contributed by atoms with E-state index in [4.69, 9.17) is 0 Å². The number of carbonyl (C=O) groups excluding carboxylic acids is 1. The zero-order valence-electron chi connectivity index (χ0n) is 17.9. The van der Waals surface area contributed by atoms with E-state index >= 15 is 0 Å². The average Bonchev–Trinajstić information content (AvgIpc) is 3.19. The van der Waals surface area contributed by atoms with Gasteiger partial charge in [-0.05, 0) is 41.7 Å². The van der Waals surface area contributed by atoms with Gasteiger partial charge in [0.05, 0.1) is 5.56 Å². The van der Waals surface area contributed by atoms with Gasteiger partial charge in [0.25, 0.3) is 0 Å². The number of amides is 1. The monoisotopic (exact) mass is 560 g/mol. The van der Waals surface area contributed by atoms with Gasteiger partial charge in [0, 0.05) is 39.6 Å². The lowest BCUT2D eigenvalue weighted by molar-refractivity contribution is -0.137. The number of hydrogen-bond acceptors (Lipinski definition) is 2. The Morgan fingerprint density at radius 3 is 2.16 bits per heavy atom. The second-order valence-electron chi connectivity index (χ2n) is 7.49. The third-order valence-electron chi connectivity index (χ3n) is 5.26. The molecule has 0 unspecified atom stereocenters. The van der Waals surface area contributed by atoms with Crippen molar-refractivity contribution in [2.75, 3.05) is 20.1 Å². The van der Waals surface area contributed by atoms with Crippen LogP contribution in [0, 0.1) is 0 Å². The molecular weight excluding hydrogens is 532 g/mol. The van der Waals surface area contributed by atoms with E-state index in [1.807, 2.05) is 17.0 Å². The van der Waals surface area contributed by atoms with Gasteiger partial charge in [0.15, 0.2) is 5.96 Å². The van der Waals surface area contributed by atoms with Crippen LogP contribution in [0.2, 0.25) is 0 Å². The summed E-state index contributed by atoms with van der Waals surface area (Å²) in [6, 6.07) is 13.3. The lowest BCUT2D eigenvalue weighted by atomic mass is 10.1. The third kappa shape index (κ3) is 7.39. The van der Waals surface area contributed by atoms with Crippen LogP contribution in [-0.4, -0.2) is 36.9 Å². The number of nitrogens with zero attached hydrogens (tertiary/aromatic N) is 2. The zero-order chi connectivity index (χ0) is 22.3. The van der Waals surface area contributed by atoms with Crippen LogP contribution in [0.25, 0.3) is 0 Å². The second-order valence-corrected chi connectivity index (χ2v) is 7.49. The van der Waals surface area contributed by atoms with Crippen LogP contribution >= 0.6 is 24.0 Å². The molecule has 9 heteroatoms. The van der Waals surface area contributed by atoms with Crippen molar-refractivity contribution in [2.45, 2.75) is 38.5 Å². The van der Waals surface area contributed by atoms with Gasteiger partial charge in [0.2, 0.25) is 5.91 Å². The summed E-state index contributed by atoms with van der Waals surface area (Å²) in [5, 5.41) is 6.31. The molecule has 5 nitrogen and oxygen atoms in total. The van der Waals surface area contributed by atoms with E-state index in [9.17, 15) is 18.0 Å². The van der Waals surface area contributed by atoms with Gasteiger partial charge in [-0.3, -0.25) is 9.79 Å². The minimum Gasteiger partial charge on any atom is -0.356 e. The van der Waals surface area contributed by atoms with E-state index in [0.29, 0.717) is 51.4 Å². The maximum atomic E-state index is 12.6. The van der Waals surface area contributed by atoms with E-state index < -0.39 is 11.7 Å². The number of benzene rings is 2. The molecule has 2 aromatic rings. The largest absolute Gasteiger partial charge is 0.416 e. The second kappa shape index (κ2) is 12.1. The van der Waals surface area contributed by atoms with Gasteiger partial charge in [-0.15, -0.1) is 24.0 Å². The van der Waals surface area contributed by atoms with Gasteiger partial charge in [-0.1, -0.05) is 36.4 Å². The normalized spacial score (nSPS) is 13.4.